The van der Waals surface area contributed by atoms with E-state index in [1.807, 2.05) is 0 Å². The first-order chi connectivity index (χ1) is 14.6. The Morgan fingerprint density at radius 2 is 1.77 bits per heavy atom. The number of hydrogen-bond acceptors (Lipinski definition) is 2. The van der Waals surface area contributed by atoms with Crippen LogP contribution in [0.4, 0.5) is 4.39 Å². The average molecular weight is 428 g/mol. The molecule has 3 aromatic rings. The first-order valence-corrected chi connectivity index (χ1v) is 11.4. The van der Waals surface area contributed by atoms with E-state index in [1.165, 1.54) is 37.3 Å². The van der Waals surface area contributed by atoms with Crippen LogP contribution in [0.2, 0.25) is 5.02 Å². The molecule has 1 aromatic heterocycles. The van der Waals surface area contributed by atoms with Crippen molar-refractivity contribution in [2.75, 3.05) is 13.1 Å². The quantitative estimate of drug-likeness (QED) is 0.600. The molecule has 158 valence electrons. The molecule has 6 heteroatoms. The van der Waals surface area contributed by atoms with E-state index in [-0.39, 0.29) is 16.8 Å². The van der Waals surface area contributed by atoms with E-state index in [0.29, 0.717) is 23.0 Å². The maximum atomic E-state index is 13.8. The van der Waals surface area contributed by atoms with Crippen molar-refractivity contribution in [3.63, 3.8) is 0 Å². The van der Waals surface area contributed by atoms with Crippen molar-refractivity contribution in [2.45, 2.75) is 56.5 Å². The largest absolute Gasteiger partial charge is 0.326 e. The second-order valence-corrected chi connectivity index (χ2v) is 9.19. The first-order valence-electron chi connectivity index (χ1n) is 11.0. The van der Waals surface area contributed by atoms with Crippen LogP contribution < -0.4 is 5.69 Å². The lowest BCUT2D eigenvalue weighted by Gasteiger charge is -2.41. The van der Waals surface area contributed by atoms with Crippen molar-refractivity contribution >= 4 is 22.6 Å². The summed E-state index contributed by atoms with van der Waals surface area (Å²) < 4.78 is 15.6. The number of rotatable bonds is 3. The van der Waals surface area contributed by atoms with E-state index in [4.69, 9.17) is 11.6 Å². The molecular weight excluding hydrogens is 401 g/mol. The predicted octanol–water partition coefficient (Wildman–Crippen LogP) is 5.49. The maximum absolute atomic E-state index is 13.8. The van der Waals surface area contributed by atoms with Crippen molar-refractivity contribution in [3.05, 3.63) is 69.4 Å². The number of fused-ring (bicyclic) bond motifs is 1. The van der Waals surface area contributed by atoms with Gasteiger partial charge in [0.05, 0.1) is 16.1 Å². The monoisotopic (exact) mass is 427 g/mol. The minimum Gasteiger partial charge on any atom is -0.305 e. The number of aromatic nitrogens is 2. The molecule has 0 amide bonds. The lowest BCUT2D eigenvalue weighted by molar-refractivity contribution is 0.103. The Hall–Kier alpha value is -2.11. The second kappa shape index (κ2) is 8.20. The van der Waals surface area contributed by atoms with Gasteiger partial charge in [0, 0.05) is 31.2 Å². The van der Waals surface area contributed by atoms with Crippen molar-refractivity contribution in [1.82, 2.24) is 14.5 Å². The van der Waals surface area contributed by atoms with Gasteiger partial charge < -0.3 is 9.88 Å². The minimum absolute atomic E-state index is 0.0573. The van der Waals surface area contributed by atoms with Gasteiger partial charge in [-0.25, -0.2) is 9.18 Å². The van der Waals surface area contributed by atoms with E-state index in [1.54, 1.807) is 10.6 Å². The SMILES string of the molecule is O=c1[nH]c2cc(F)c(Cl)cc2n1C1CCN(C2CCCC(c3ccccc3)C2)CC1. The highest BCUT2D eigenvalue weighted by Crippen LogP contribution is 2.37. The summed E-state index contributed by atoms with van der Waals surface area (Å²) in [4.78, 5) is 18.0. The van der Waals surface area contributed by atoms with E-state index >= 15 is 0 Å². The summed E-state index contributed by atoms with van der Waals surface area (Å²) in [6, 6.07) is 14.5. The molecule has 1 aliphatic heterocycles. The highest BCUT2D eigenvalue weighted by molar-refractivity contribution is 6.31. The number of benzene rings is 2. The van der Waals surface area contributed by atoms with Crippen LogP contribution in [0.25, 0.3) is 11.0 Å². The molecule has 2 fully saturated rings. The van der Waals surface area contributed by atoms with Gasteiger partial charge in [-0.3, -0.25) is 4.57 Å². The molecule has 2 aromatic carbocycles. The lowest BCUT2D eigenvalue weighted by Crippen LogP contribution is -2.44. The van der Waals surface area contributed by atoms with E-state index < -0.39 is 5.82 Å². The van der Waals surface area contributed by atoms with Crippen molar-refractivity contribution < 1.29 is 4.39 Å². The molecule has 4 nitrogen and oxygen atoms in total. The summed E-state index contributed by atoms with van der Waals surface area (Å²) in [6.45, 7) is 1.98. The van der Waals surface area contributed by atoms with Crippen LogP contribution in [0.1, 0.15) is 56.0 Å². The van der Waals surface area contributed by atoms with Crippen LogP contribution in [0, 0.1) is 5.82 Å². The smallest absolute Gasteiger partial charge is 0.305 e. The van der Waals surface area contributed by atoms with Gasteiger partial charge in [-0.05, 0) is 49.7 Å². The van der Waals surface area contributed by atoms with Gasteiger partial charge in [0.25, 0.3) is 0 Å². The Balaban J connectivity index is 1.29. The number of halogens is 2. The fourth-order valence-electron chi connectivity index (χ4n) is 5.52. The third-order valence-corrected chi connectivity index (χ3v) is 7.35. The Morgan fingerprint density at radius 1 is 1.00 bits per heavy atom. The molecule has 1 saturated carbocycles. The van der Waals surface area contributed by atoms with Gasteiger partial charge in [0.1, 0.15) is 5.82 Å². The number of H-pyrrole nitrogens is 1. The standard InChI is InChI=1S/C24H27ClFN3O/c25-20-14-23-22(15-21(20)26)27-24(30)29(23)18-9-11-28(12-10-18)19-8-4-7-17(13-19)16-5-2-1-3-6-16/h1-3,5-6,14-15,17-19H,4,7-13H2,(H,27,30). The lowest BCUT2D eigenvalue weighted by atomic mass is 9.80. The topological polar surface area (TPSA) is 41.0 Å². The van der Waals surface area contributed by atoms with Crippen molar-refractivity contribution in [2.24, 2.45) is 0 Å². The maximum Gasteiger partial charge on any atom is 0.326 e. The molecule has 1 aliphatic carbocycles. The average Bonchev–Trinajstić information content (AvgIpc) is 3.09. The molecule has 2 unspecified atom stereocenters. The van der Waals surface area contributed by atoms with Gasteiger partial charge in [-0.2, -0.15) is 0 Å². The van der Waals surface area contributed by atoms with Gasteiger partial charge in [-0.15, -0.1) is 0 Å². The van der Waals surface area contributed by atoms with Crippen LogP contribution in [0.3, 0.4) is 0 Å². The Morgan fingerprint density at radius 3 is 2.53 bits per heavy atom. The minimum atomic E-state index is -0.502. The number of nitrogens with one attached hydrogen (secondary N) is 1. The Labute approximate surface area is 180 Å². The number of nitrogens with zero attached hydrogens (tertiary/aromatic N) is 2. The number of hydrogen-bond donors (Lipinski definition) is 1. The van der Waals surface area contributed by atoms with Crippen molar-refractivity contribution in [3.8, 4) is 0 Å². The zero-order valence-electron chi connectivity index (χ0n) is 17.0. The summed E-state index contributed by atoms with van der Waals surface area (Å²) in [5.74, 6) is 0.147. The Bertz CT molecular complexity index is 1090. The number of piperidine rings is 1. The number of likely N-dealkylation sites (tertiary alicyclic amines) is 1. The molecular formula is C24H27ClFN3O. The zero-order chi connectivity index (χ0) is 20.7. The molecule has 30 heavy (non-hydrogen) atoms. The first kappa shape index (κ1) is 19.8. The van der Waals surface area contributed by atoms with E-state index in [0.717, 1.165) is 25.9 Å². The third kappa shape index (κ3) is 3.69. The van der Waals surface area contributed by atoms with Crippen LogP contribution in [0.15, 0.2) is 47.3 Å². The molecule has 1 N–H and O–H groups in total. The fraction of sp³-hybridized carbons (Fsp3) is 0.458. The predicted molar refractivity (Wildman–Crippen MR) is 119 cm³/mol. The molecule has 2 heterocycles. The fourth-order valence-corrected chi connectivity index (χ4v) is 5.67. The number of imidazole rings is 1. The summed E-state index contributed by atoms with van der Waals surface area (Å²) in [7, 11) is 0. The third-order valence-electron chi connectivity index (χ3n) is 7.06. The van der Waals surface area contributed by atoms with E-state index in [2.05, 4.69) is 40.2 Å². The van der Waals surface area contributed by atoms with Crippen LogP contribution in [-0.2, 0) is 0 Å². The summed E-state index contributed by atoms with van der Waals surface area (Å²) in [5.41, 5.74) is 2.51. The molecule has 2 atom stereocenters. The highest BCUT2D eigenvalue weighted by Gasteiger charge is 2.31. The zero-order valence-corrected chi connectivity index (χ0v) is 17.7. The van der Waals surface area contributed by atoms with E-state index in [9.17, 15) is 9.18 Å². The molecule has 1 saturated heterocycles. The van der Waals surface area contributed by atoms with Gasteiger partial charge >= 0.3 is 5.69 Å². The second-order valence-electron chi connectivity index (χ2n) is 8.78. The molecule has 2 aliphatic rings. The summed E-state index contributed by atoms with van der Waals surface area (Å²) >= 11 is 5.98. The number of aromatic amines is 1. The Kier molecular flexibility index (Phi) is 5.42. The molecule has 0 radical (unpaired) electrons. The molecule has 5 rings (SSSR count). The van der Waals surface area contributed by atoms with Crippen LogP contribution >= 0.6 is 11.6 Å². The normalized spacial score (nSPS) is 23.8. The van der Waals surface area contributed by atoms with Gasteiger partial charge in [-0.1, -0.05) is 48.4 Å². The molecule has 0 bridgehead atoms. The summed E-state index contributed by atoms with van der Waals surface area (Å²) in [6.07, 6.45) is 6.88. The summed E-state index contributed by atoms with van der Waals surface area (Å²) in [5, 5.41) is 0.0573. The molecule has 0 spiro atoms. The van der Waals surface area contributed by atoms with Crippen LogP contribution in [0.5, 0.6) is 0 Å². The van der Waals surface area contributed by atoms with Gasteiger partial charge in [0.15, 0.2) is 0 Å². The highest BCUT2D eigenvalue weighted by atomic mass is 35.5. The van der Waals surface area contributed by atoms with Crippen LogP contribution in [-0.4, -0.2) is 33.6 Å². The van der Waals surface area contributed by atoms with Crippen molar-refractivity contribution in [1.29, 1.82) is 0 Å². The van der Waals surface area contributed by atoms with Gasteiger partial charge in [0.2, 0.25) is 0 Å².